The van der Waals surface area contributed by atoms with Crippen LogP contribution in [-0.2, 0) is 5.41 Å². The van der Waals surface area contributed by atoms with Crippen LogP contribution in [0.3, 0.4) is 0 Å². The van der Waals surface area contributed by atoms with Crippen LogP contribution in [0.1, 0.15) is 52.7 Å². The molecule has 0 heterocycles. The predicted molar refractivity (Wildman–Crippen MR) is 136 cm³/mol. The fourth-order valence-corrected chi connectivity index (χ4v) is 4.05. The van der Waals surface area contributed by atoms with Crippen LogP contribution >= 0.6 is 69.6 Å². The van der Waals surface area contributed by atoms with E-state index < -0.39 is 5.41 Å². The minimum atomic E-state index is -0.506. The van der Waals surface area contributed by atoms with Crippen molar-refractivity contribution in [2.75, 3.05) is 0 Å². The van der Waals surface area contributed by atoms with Crippen molar-refractivity contribution in [3.8, 4) is 11.5 Å². The monoisotopic (exact) mass is 544 g/mol. The van der Waals surface area contributed by atoms with Crippen molar-refractivity contribution in [2.45, 2.75) is 69.9 Å². The highest BCUT2D eigenvalue weighted by atomic mass is 35.5. The second-order valence-electron chi connectivity index (χ2n) is 8.16. The van der Waals surface area contributed by atoms with Gasteiger partial charge in [0.15, 0.2) is 11.5 Å². The van der Waals surface area contributed by atoms with E-state index in [0.717, 1.165) is 11.1 Å². The molecule has 31 heavy (non-hydrogen) atoms. The summed E-state index contributed by atoms with van der Waals surface area (Å²) in [6, 6.07) is 7.32. The molecule has 0 amide bonds. The Hall–Kier alpha value is -0.220. The SMILES string of the molecule is CC(Cl)C(C)Oc1c(Cl)cc(C(C)(C)c2cc(Cl)c(OC(C)C(C)Cl)c(Cl)c2)cc1Cl. The van der Waals surface area contributed by atoms with Crippen LogP contribution in [0.2, 0.25) is 20.1 Å². The predicted octanol–water partition coefficient (Wildman–Crippen LogP) is 9.42. The second-order valence-corrected chi connectivity index (χ2v) is 11.2. The topological polar surface area (TPSA) is 18.5 Å². The summed E-state index contributed by atoms with van der Waals surface area (Å²) in [6.45, 7) is 11.5. The van der Waals surface area contributed by atoms with E-state index in [0.29, 0.717) is 31.6 Å². The Morgan fingerprint density at radius 1 is 0.613 bits per heavy atom. The number of hydrogen-bond acceptors (Lipinski definition) is 2. The maximum Gasteiger partial charge on any atom is 0.156 e. The van der Waals surface area contributed by atoms with Crippen LogP contribution in [0.15, 0.2) is 24.3 Å². The summed E-state index contributed by atoms with van der Waals surface area (Å²) in [6.07, 6.45) is -0.502. The van der Waals surface area contributed by atoms with Gasteiger partial charge in [-0.25, -0.2) is 0 Å². The summed E-state index contributed by atoms with van der Waals surface area (Å²) in [5.41, 5.74) is 1.25. The third-order valence-electron chi connectivity index (χ3n) is 5.34. The minimum Gasteiger partial charge on any atom is -0.486 e. The van der Waals surface area contributed by atoms with Crippen LogP contribution in [0.5, 0.6) is 11.5 Å². The van der Waals surface area contributed by atoms with E-state index >= 15 is 0 Å². The first-order valence-electron chi connectivity index (χ1n) is 9.86. The van der Waals surface area contributed by atoms with E-state index in [-0.39, 0.29) is 23.0 Å². The molecular weight excluding hydrogens is 521 g/mol. The Bertz CT molecular complexity index is 807. The smallest absolute Gasteiger partial charge is 0.156 e. The Kier molecular flexibility index (Phi) is 9.42. The van der Waals surface area contributed by atoms with Crippen molar-refractivity contribution in [1.29, 1.82) is 0 Å². The van der Waals surface area contributed by atoms with Crippen molar-refractivity contribution in [1.82, 2.24) is 0 Å². The second kappa shape index (κ2) is 10.8. The zero-order valence-corrected chi connectivity index (χ0v) is 22.7. The molecule has 0 fully saturated rings. The standard InChI is InChI=1S/C23H26Cl6O2/c1-11(24)13(3)30-21-17(26)7-15(8-18(21)27)23(5,6)16-9-19(28)22(20(29)10-16)31-14(4)12(2)25/h7-14H,1-6H3. The molecule has 0 radical (unpaired) electrons. The maximum absolute atomic E-state index is 6.51. The van der Waals surface area contributed by atoms with Gasteiger partial charge in [-0.15, -0.1) is 23.2 Å². The van der Waals surface area contributed by atoms with Gasteiger partial charge >= 0.3 is 0 Å². The van der Waals surface area contributed by atoms with Gasteiger partial charge in [0.05, 0.1) is 30.8 Å². The van der Waals surface area contributed by atoms with Gasteiger partial charge in [-0.05, 0) is 63.1 Å². The zero-order valence-electron chi connectivity index (χ0n) is 18.2. The summed E-state index contributed by atoms with van der Waals surface area (Å²) >= 11 is 38.3. The van der Waals surface area contributed by atoms with Crippen molar-refractivity contribution >= 4 is 69.6 Å². The van der Waals surface area contributed by atoms with E-state index in [1.807, 2.05) is 65.8 Å². The van der Waals surface area contributed by atoms with E-state index in [1.165, 1.54) is 0 Å². The lowest BCUT2D eigenvalue weighted by Gasteiger charge is -2.29. The number of benzene rings is 2. The number of ether oxygens (including phenoxy) is 2. The van der Waals surface area contributed by atoms with Crippen molar-refractivity contribution in [3.63, 3.8) is 0 Å². The number of halogens is 6. The molecule has 2 aromatic rings. The molecule has 4 atom stereocenters. The third kappa shape index (κ3) is 6.43. The molecule has 0 spiro atoms. The highest BCUT2D eigenvalue weighted by Gasteiger charge is 2.28. The summed E-state index contributed by atoms with van der Waals surface area (Å²) in [5.74, 6) is 0.818. The van der Waals surface area contributed by atoms with Gasteiger partial charge in [0.2, 0.25) is 0 Å². The Balaban J connectivity index is 2.43. The Morgan fingerprint density at radius 3 is 1.10 bits per heavy atom. The summed E-state index contributed by atoms with van der Waals surface area (Å²) < 4.78 is 11.7. The van der Waals surface area contributed by atoms with Gasteiger partial charge in [-0.1, -0.05) is 60.3 Å². The summed E-state index contributed by atoms with van der Waals surface area (Å²) in [7, 11) is 0. The zero-order chi connectivity index (χ0) is 23.7. The van der Waals surface area contributed by atoms with Crippen molar-refractivity contribution in [3.05, 3.63) is 55.5 Å². The normalized spacial score (nSPS) is 15.9. The van der Waals surface area contributed by atoms with Gasteiger partial charge in [-0.3, -0.25) is 0 Å². The fraction of sp³-hybridized carbons (Fsp3) is 0.478. The van der Waals surface area contributed by atoms with Gasteiger partial charge in [-0.2, -0.15) is 0 Å². The lowest BCUT2D eigenvalue weighted by molar-refractivity contribution is 0.221. The molecule has 0 bridgehead atoms. The summed E-state index contributed by atoms with van der Waals surface area (Å²) in [4.78, 5) is 0. The van der Waals surface area contributed by atoms with Gasteiger partial charge in [0, 0.05) is 5.41 Å². The van der Waals surface area contributed by atoms with Crippen LogP contribution in [0.25, 0.3) is 0 Å². The van der Waals surface area contributed by atoms with Crippen molar-refractivity contribution < 1.29 is 9.47 Å². The summed E-state index contributed by atoms with van der Waals surface area (Å²) in [5, 5.41) is 1.22. The number of alkyl halides is 2. The quantitative estimate of drug-likeness (QED) is 0.307. The molecular formula is C23H26Cl6O2. The molecule has 2 rings (SSSR count). The van der Waals surface area contributed by atoms with Crippen LogP contribution in [0.4, 0.5) is 0 Å². The first-order valence-corrected chi connectivity index (χ1v) is 12.2. The van der Waals surface area contributed by atoms with E-state index in [1.54, 1.807) is 0 Å². The van der Waals surface area contributed by atoms with E-state index in [2.05, 4.69) is 0 Å². The molecule has 0 aliphatic carbocycles. The molecule has 0 saturated heterocycles. The average Bonchev–Trinajstić information content (AvgIpc) is 2.66. The molecule has 0 saturated carbocycles. The molecule has 172 valence electrons. The first kappa shape index (κ1) is 27.0. The molecule has 0 N–H and O–H groups in total. The lowest BCUT2D eigenvalue weighted by atomic mass is 9.78. The fourth-order valence-electron chi connectivity index (χ4n) is 2.79. The Morgan fingerprint density at radius 2 is 0.871 bits per heavy atom. The molecule has 0 aliphatic rings. The van der Waals surface area contributed by atoms with Crippen LogP contribution < -0.4 is 9.47 Å². The van der Waals surface area contributed by atoms with Crippen LogP contribution in [0, 0.1) is 0 Å². The van der Waals surface area contributed by atoms with Crippen LogP contribution in [-0.4, -0.2) is 23.0 Å². The number of hydrogen-bond donors (Lipinski definition) is 0. The van der Waals surface area contributed by atoms with E-state index in [9.17, 15) is 0 Å². The molecule has 0 aromatic heterocycles. The lowest BCUT2D eigenvalue weighted by Crippen LogP contribution is -2.23. The van der Waals surface area contributed by atoms with Gasteiger partial charge in [0.1, 0.15) is 12.2 Å². The molecule has 2 nitrogen and oxygen atoms in total. The average molecular weight is 547 g/mol. The molecule has 8 heteroatoms. The Labute approximate surface area is 215 Å². The van der Waals surface area contributed by atoms with Gasteiger partial charge < -0.3 is 9.47 Å². The van der Waals surface area contributed by atoms with E-state index in [4.69, 9.17) is 79.1 Å². The largest absolute Gasteiger partial charge is 0.486 e. The molecule has 2 aromatic carbocycles. The minimum absolute atomic E-state index is 0.197. The highest BCUT2D eigenvalue weighted by Crippen LogP contribution is 2.44. The molecule has 0 aliphatic heterocycles. The number of rotatable bonds is 8. The first-order chi connectivity index (χ1) is 14.2. The highest BCUT2D eigenvalue weighted by molar-refractivity contribution is 6.38. The van der Waals surface area contributed by atoms with Gasteiger partial charge in [0.25, 0.3) is 0 Å². The third-order valence-corrected chi connectivity index (χ3v) is 7.17. The molecule has 4 unspecified atom stereocenters. The van der Waals surface area contributed by atoms with Crippen molar-refractivity contribution in [2.24, 2.45) is 0 Å². The maximum atomic E-state index is 6.51.